The minimum Gasteiger partial charge on any atom is -0.382 e. The minimum absolute atomic E-state index is 0.526. The molecule has 4 nitrogen and oxygen atoms in total. The lowest BCUT2D eigenvalue weighted by atomic mass is 9.92. The van der Waals surface area contributed by atoms with Gasteiger partial charge in [0.15, 0.2) is 0 Å². The average Bonchev–Trinajstić information content (AvgIpc) is 2.76. The maximum Gasteiger partial charge on any atom is 0.149 e. The Kier molecular flexibility index (Phi) is 2.42. The van der Waals surface area contributed by atoms with Gasteiger partial charge in [-0.2, -0.15) is 0 Å². The highest BCUT2D eigenvalue weighted by Gasteiger charge is 2.35. The summed E-state index contributed by atoms with van der Waals surface area (Å²) in [5.74, 6) is 2.37. The van der Waals surface area contributed by atoms with E-state index in [2.05, 4.69) is 14.9 Å². The topological polar surface area (TPSA) is 55.0 Å². The third-order valence-electron chi connectivity index (χ3n) is 3.93. The molecule has 0 amide bonds. The lowest BCUT2D eigenvalue weighted by Crippen LogP contribution is -2.43. The number of aromatic nitrogens is 2. The summed E-state index contributed by atoms with van der Waals surface area (Å²) in [5, 5.41) is 0. The Morgan fingerprint density at radius 2 is 2.06 bits per heavy atom. The van der Waals surface area contributed by atoms with E-state index in [9.17, 15) is 0 Å². The fraction of sp³-hybridized carbons (Fsp3) is 0.667. The van der Waals surface area contributed by atoms with Crippen molar-refractivity contribution in [3.8, 4) is 0 Å². The zero-order chi connectivity index (χ0) is 11.0. The lowest BCUT2D eigenvalue weighted by Gasteiger charge is -2.38. The number of nitrogens with zero attached hydrogens (tertiary/aromatic N) is 3. The molecule has 2 heterocycles. The first-order valence-corrected chi connectivity index (χ1v) is 6.19. The van der Waals surface area contributed by atoms with Crippen LogP contribution in [0.2, 0.25) is 0 Å². The van der Waals surface area contributed by atoms with Crippen molar-refractivity contribution in [1.82, 2.24) is 9.97 Å². The maximum absolute atomic E-state index is 5.70. The predicted molar refractivity (Wildman–Crippen MR) is 64.2 cm³/mol. The van der Waals surface area contributed by atoms with Gasteiger partial charge in [0.25, 0.3) is 0 Å². The maximum atomic E-state index is 5.70. The fourth-order valence-corrected chi connectivity index (χ4v) is 3.25. The van der Waals surface area contributed by atoms with Crippen molar-refractivity contribution in [3.63, 3.8) is 0 Å². The Morgan fingerprint density at radius 1 is 1.19 bits per heavy atom. The number of piperidine rings is 1. The van der Waals surface area contributed by atoms with Crippen LogP contribution in [0.25, 0.3) is 0 Å². The van der Waals surface area contributed by atoms with Gasteiger partial charge in [-0.25, -0.2) is 4.98 Å². The van der Waals surface area contributed by atoms with E-state index in [4.69, 9.17) is 5.73 Å². The quantitative estimate of drug-likeness (QED) is 0.781. The molecule has 86 valence electrons. The first kappa shape index (κ1) is 9.87. The van der Waals surface area contributed by atoms with Crippen LogP contribution in [-0.2, 0) is 0 Å². The predicted octanol–water partition coefficient (Wildman–Crippen LogP) is 1.83. The van der Waals surface area contributed by atoms with Crippen molar-refractivity contribution < 1.29 is 0 Å². The second-order valence-electron chi connectivity index (χ2n) is 4.90. The molecular formula is C12H18N4. The smallest absolute Gasteiger partial charge is 0.149 e. The van der Waals surface area contributed by atoms with E-state index in [-0.39, 0.29) is 0 Å². The number of nitrogens with two attached hydrogens (primary N) is 1. The summed E-state index contributed by atoms with van der Waals surface area (Å²) >= 11 is 0. The van der Waals surface area contributed by atoms with Gasteiger partial charge in [-0.05, 0) is 31.6 Å². The van der Waals surface area contributed by atoms with E-state index in [0.717, 1.165) is 18.3 Å². The van der Waals surface area contributed by atoms with Crippen molar-refractivity contribution in [2.24, 2.45) is 5.92 Å². The van der Waals surface area contributed by atoms with Gasteiger partial charge >= 0.3 is 0 Å². The number of anilines is 2. The summed E-state index contributed by atoms with van der Waals surface area (Å²) in [6, 6.07) is 0.685. The molecular weight excluding hydrogens is 200 g/mol. The molecule has 2 fully saturated rings. The molecule has 2 unspecified atom stereocenters. The highest BCUT2D eigenvalue weighted by Crippen LogP contribution is 2.38. The lowest BCUT2D eigenvalue weighted by molar-refractivity contribution is 0.360. The van der Waals surface area contributed by atoms with Crippen molar-refractivity contribution >= 4 is 11.6 Å². The summed E-state index contributed by atoms with van der Waals surface area (Å²) in [7, 11) is 0. The van der Waals surface area contributed by atoms with Gasteiger partial charge in [0.05, 0.1) is 12.4 Å². The van der Waals surface area contributed by atoms with Crippen LogP contribution in [0, 0.1) is 5.92 Å². The highest BCUT2D eigenvalue weighted by atomic mass is 15.2. The van der Waals surface area contributed by atoms with Gasteiger partial charge in [0.1, 0.15) is 11.6 Å². The van der Waals surface area contributed by atoms with Gasteiger partial charge in [0.2, 0.25) is 0 Å². The Balaban J connectivity index is 1.88. The molecule has 2 N–H and O–H groups in total. The van der Waals surface area contributed by atoms with Crippen LogP contribution < -0.4 is 10.6 Å². The first-order valence-electron chi connectivity index (χ1n) is 6.19. The third-order valence-corrected chi connectivity index (χ3v) is 3.93. The molecule has 2 atom stereocenters. The first-order chi connectivity index (χ1) is 7.84. The SMILES string of the molecule is Nc1cncc(N2CCCC3CCCC32)n1. The number of nitrogen functional groups attached to an aromatic ring is 1. The van der Waals surface area contributed by atoms with E-state index in [1.165, 1.54) is 32.1 Å². The molecule has 1 aliphatic carbocycles. The molecule has 2 aliphatic rings. The van der Waals surface area contributed by atoms with E-state index in [1.807, 2.05) is 6.20 Å². The van der Waals surface area contributed by atoms with Gasteiger partial charge in [-0.3, -0.25) is 4.98 Å². The summed E-state index contributed by atoms with van der Waals surface area (Å²) in [6.45, 7) is 1.11. The third kappa shape index (κ3) is 1.62. The highest BCUT2D eigenvalue weighted by molar-refractivity contribution is 5.43. The van der Waals surface area contributed by atoms with Crippen LogP contribution in [0.15, 0.2) is 12.4 Å². The second-order valence-corrected chi connectivity index (χ2v) is 4.90. The fourth-order valence-electron chi connectivity index (χ4n) is 3.25. The molecule has 1 aromatic heterocycles. The molecule has 1 aromatic rings. The minimum atomic E-state index is 0.526. The van der Waals surface area contributed by atoms with Crippen molar-refractivity contribution in [2.45, 2.75) is 38.1 Å². The van der Waals surface area contributed by atoms with Crippen molar-refractivity contribution in [3.05, 3.63) is 12.4 Å². The summed E-state index contributed by atoms with van der Waals surface area (Å²) < 4.78 is 0. The molecule has 3 rings (SSSR count). The van der Waals surface area contributed by atoms with E-state index in [1.54, 1.807) is 6.20 Å². The van der Waals surface area contributed by atoms with Gasteiger partial charge < -0.3 is 10.6 Å². The summed E-state index contributed by atoms with van der Waals surface area (Å²) in [4.78, 5) is 11.0. The van der Waals surface area contributed by atoms with Crippen LogP contribution in [0.5, 0.6) is 0 Å². The Labute approximate surface area is 95.9 Å². The number of hydrogen-bond donors (Lipinski definition) is 1. The van der Waals surface area contributed by atoms with E-state index < -0.39 is 0 Å². The normalized spacial score (nSPS) is 29.1. The second kappa shape index (κ2) is 3.92. The zero-order valence-electron chi connectivity index (χ0n) is 9.47. The monoisotopic (exact) mass is 218 g/mol. The number of rotatable bonds is 1. The molecule has 1 saturated carbocycles. The zero-order valence-corrected chi connectivity index (χ0v) is 9.47. The van der Waals surface area contributed by atoms with Crippen LogP contribution in [0.3, 0.4) is 0 Å². The Morgan fingerprint density at radius 3 is 2.94 bits per heavy atom. The number of fused-ring (bicyclic) bond motifs is 1. The van der Waals surface area contributed by atoms with E-state index >= 15 is 0 Å². The molecule has 0 bridgehead atoms. The summed E-state index contributed by atoms with van der Waals surface area (Å²) in [5.41, 5.74) is 5.70. The molecule has 0 spiro atoms. The van der Waals surface area contributed by atoms with Crippen molar-refractivity contribution in [2.75, 3.05) is 17.2 Å². The Hall–Kier alpha value is -1.32. The average molecular weight is 218 g/mol. The van der Waals surface area contributed by atoms with Crippen LogP contribution in [0.4, 0.5) is 11.6 Å². The van der Waals surface area contributed by atoms with Crippen LogP contribution in [0.1, 0.15) is 32.1 Å². The standard InChI is InChI=1S/C12H18N4/c13-11-7-14-8-12(15-11)16-6-2-4-9-3-1-5-10(9)16/h7-10H,1-6H2,(H2,13,15). The molecule has 4 heteroatoms. The van der Waals surface area contributed by atoms with Crippen LogP contribution in [-0.4, -0.2) is 22.6 Å². The molecule has 1 aliphatic heterocycles. The van der Waals surface area contributed by atoms with E-state index in [0.29, 0.717) is 11.9 Å². The van der Waals surface area contributed by atoms with Gasteiger partial charge in [-0.15, -0.1) is 0 Å². The molecule has 1 saturated heterocycles. The number of hydrogen-bond acceptors (Lipinski definition) is 4. The molecule has 0 aromatic carbocycles. The largest absolute Gasteiger partial charge is 0.382 e. The molecule has 0 radical (unpaired) electrons. The van der Waals surface area contributed by atoms with Crippen molar-refractivity contribution in [1.29, 1.82) is 0 Å². The van der Waals surface area contributed by atoms with Crippen LogP contribution >= 0.6 is 0 Å². The van der Waals surface area contributed by atoms with Gasteiger partial charge in [-0.1, -0.05) is 6.42 Å². The Bertz CT molecular complexity index is 379. The molecule has 16 heavy (non-hydrogen) atoms. The summed E-state index contributed by atoms with van der Waals surface area (Å²) in [6.07, 6.45) is 10.2. The van der Waals surface area contributed by atoms with Gasteiger partial charge in [0, 0.05) is 12.6 Å².